The third kappa shape index (κ3) is 21.3. The lowest BCUT2D eigenvalue weighted by atomic mass is 10.0. The lowest BCUT2D eigenvalue weighted by molar-refractivity contribution is 0.196. The predicted molar refractivity (Wildman–Crippen MR) is 99.6 cm³/mol. The number of nitrogens with one attached hydrogen (secondary N) is 1. The molecule has 0 aliphatic rings. The molecule has 0 heterocycles. The van der Waals surface area contributed by atoms with Gasteiger partial charge in [0.25, 0.3) is 0 Å². The molecule has 0 fully saturated rings. The van der Waals surface area contributed by atoms with Crippen molar-refractivity contribution in [3.05, 3.63) is 6.54 Å². The average Bonchev–Trinajstić information content (AvgIpc) is 2.53. The van der Waals surface area contributed by atoms with E-state index in [9.17, 15) is 4.79 Å². The molecular formula is C20H40NO2. The number of carbonyl (C=O) groups is 1. The number of hydrogen-bond acceptors (Lipinski definition) is 1. The fraction of sp³-hybridized carbons (Fsp3) is 0.900. The average molecular weight is 327 g/mol. The molecule has 0 aromatic carbocycles. The van der Waals surface area contributed by atoms with E-state index < -0.39 is 6.09 Å². The van der Waals surface area contributed by atoms with Crippen molar-refractivity contribution < 1.29 is 9.90 Å². The van der Waals surface area contributed by atoms with Crippen molar-refractivity contribution in [1.82, 2.24) is 5.32 Å². The molecule has 0 aliphatic carbocycles. The van der Waals surface area contributed by atoms with Crippen LogP contribution in [0.1, 0.15) is 116 Å². The molecule has 0 saturated carbocycles. The highest BCUT2D eigenvalue weighted by atomic mass is 16.4. The van der Waals surface area contributed by atoms with E-state index in [-0.39, 0.29) is 0 Å². The van der Waals surface area contributed by atoms with E-state index in [1.807, 2.05) is 0 Å². The van der Waals surface area contributed by atoms with Crippen LogP contribution in [0.2, 0.25) is 0 Å². The Kier molecular flexibility index (Phi) is 18.7. The molecule has 0 rings (SSSR count). The van der Waals surface area contributed by atoms with Crippen LogP contribution in [0.4, 0.5) is 4.79 Å². The number of unbranched alkanes of at least 4 members (excludes halogenated alkanes) is 16. The van der Waals surface area contributed by atoms with Crippen molar-refractivity contribution in [2.24, 2.45) is 0 Å². The zero-order valence-corrected chi connectivity index (χ0v) is 15.5. The molecule has 0 bridgehead atoms. The summed E-state index contributed by atoms with van der Waals surface area (Å²) < 4.78 is 0. The molecular weight excluding hydrogens is 286 g/mol. The van der Waals surface area contributed by atoms with E-state index in [1.165, 1.54) is 96.3 Å². The maximum absolute atomic E-state index is 10.2. The second-order valence-electron chi connectivity index (χ2n) is 6.75. The van der Waals surface area contributed by atoms with Crippen LogP contribution < -0.4 is 5.32 Å². The van der Waals surface area contributed by atoms with Crippen molar-refractivity contribution in [2.45, 2.75) is 116 Å². The van der Waals surface area contributed by atoms with Gasteiger partial charge in [0.2, 0.25) is 0 Å². The summed E-state index contributed by atoms with van der Waals surface area (Å²) in [6.07, 6.45) is 21.8. The summed E-state index contributed by atoms with van der Waals surface area (Å²) in [5.41, 5.74) is 0. The molecule has 0 unspecified atom stereocenters. The molecule has 3 heteroatoms. The van der Waals surface area contributed by atoms with Crippen LogP contribution in [0.15, 0.2) is 0 Å². The quantitative estimate of drug-likeness (QED) is 0.265. The highest BCUT2D eigenvalue weighted by molar-refractivity contribution is 5.65. The molecule has 0 saturated heterocycles. The van der Waals surface area contributed by atoms with Crippen molar-refractivity contribution >= 4 is 6.09 Å². The first-order valence-electron chi connectivity index (χ1n) is 10.1. The standard InChI is InChI=1S/C20H40NO2/c1-2-3-4-5-6-7-8-9-10-11-12-13-14-15-16-17-18-19-21-20(22)23/h19,21H,2-18H2,1H3,(H,22,23). The molecule has 1 amide bonds. The smallest absolute Gasteiger partial charge is 0.404 e. The van der Waals surface area contributed by atoms with Crippen LogP contribution in [0.25, 0.3) is 0 Å². The van der Waals surface area contributed by atoms with Crippen LogP contribution in [0, 0.1) is 6.54 Å². The van der Waals surface area contributed by atoms with Gasteiger partial charge in [-0.05, 0) is 6.42 Å². The van der Waals surface area contributed by atoms with Gasteiger partial charge < -0.3 is 10.4 Å². The highest BCUT2D eigenvalue weighted by Gasteiger charge is 1.96. The summed E-state index contributed by atoms with van der Waals surface area (Å²) >= 11 is 0. The highest BCUT2D eigenvalue weighted by Crippen LogP contribution is 2.14. The Hall–Kier alpha value is -0.730. The van der Waals surface area contributed by atoms with Gasteiger partial charge in [0.05, 0.1) is 6.54 Å². The van der Waals surface area contributed by atoms with Gasteiger partial charge >= 0.3 is 6.09 Å². The summed E-state index contributed by atoms with van der Waals surface area (Å²) in [5, 5.41) is 10.7. The first kappa shape index (κ1) is 22.3. The second-order valence-corrected chi connectivity index (χ2v) is 6.75. The van der Waals surface area contributed by atoms with Gasteiger partial charge in [-0.2, -0.15) is 0 Å². The maximum atomic E-state index is 10.2. The van der Waals surface area contributed by atoms with Crippen LogP contribution in [0.5, 0.6) is 0 Å². The topological polar surface area (TPSA) is 49.3 Å². The molecule has 0 atom stereocenters. The molecule has 0 aromatic rings. The SMILES string of the molecule is CCCCCCCCCCCCCCCCCC[CH]NC(=O)O. The molecule has 1 radical (unpaired) electrons. The Bertz CT molecular complexity index is 244. The minimum absolute atomic E-state index is 0.852. The van der Waals surface area contributed by atoms with E-state index in [0.29, 0.717) is 0 Å². The minimum Gasteiger partial charge on any atom is -0.465 e. The number of rotatable bonds is 18. The second kappa shape index (κ2) is 19.3. The maximum Gasteiger partial charge on any atom is 0.404 e. The van der Waals surface area contributed by atoms with Gasteiger partial charge in [0, 0.05) is 0 Å². The van der Waals surface area contributed by atoms with Crippen molar-refractivity contribution in [3.63, 3.8) is 0 Å². The molecule has 0 aromatic heterocycles. The van der Waals surface area contributed by atoms with E-state index in [1.54, 1.807) is 6.54 Å². The largest absolute Gasteiger partial charge is 0.465 e. The normalized spacial score (nSPS) is 10.8. The van der Waals surface area contributed by atoms with Gasteiger partial charge in [-0.1, -0.05) is 110 Å². The van der Waals surface area contributed by atoms with Crippen molar-refractivity contribution in [3.8, 4) is 0 Å². The van der Waals surface area contributed by atoms with Gasteiger partial charge in [-0.3, -0.25) is 0 Å². The molecule has 3 nitrogen and oxygen atoms in total. The van der Waals surface area contributed by atoms with E-state index in [2.05, 4.69) is 12.2 Å². The zero-order chi connectivity index (χ0) is 17.0. The third-order valence-corrected chi connectivity index (χ3v) is 4.43. The minimum atomic E-state index is -0.957. The van der Waals surface area contributed by atoms with Crippen molar-refractivity contribution in [2.75, 3.05) is 0 Å². The van der Waals surface area contributed by atoms with E-state index in [4.69, 9.17) is 5.11 Å². The first-order chi connectivity index (χ1) is 11.3. The van der Waals surface area contributed by atoms with Crippen LogP contribution in [0.3, 0.4) is 0 Å². The van der Waals surface area contributed by atoms with Gasteiger partial charge in [-0.15, -0.1) is 0 Å². The molecule has 137 valence electrons. The van der Waals surface area contributed by atoms with Gasteiger partial charge in [-0.25, -0.2) is 4.79 Å². The summed E-state index contributed by atoms with van der Waals surface area (Å²) in [6.45, 7) is 3.92. The Morgan fingerprint density at radius 2 is 1.04 bits per heavy atom. The fourth-order valence-electron chi connectivity index (χ4n) is 2.95. The van der Waals surface area contributed by atoms with Crippen LogP contribution >= 0.6 is 0 Å². The lowest BCUT2D eigenvalue weighted by Crippen LogP contribution is -2.17. The fourth-order valence-corrected chi connectivity index (χ4v) is 2.95. The van der Waals surface area contributed by atoms with Gasteiger partial charge in [0.15, 0.2) is 0 Å². The Morgan fingerprint density at radius 1 is 0.696 bits per heavy atom. The predicted octanol–water partition coefficient (Wildman–Crippen LogP) is 7.07. The summed E-state index contributed by atoms with van der Waals surface area (Å²) in [5.74, 6) is 0. The zero-order valence-electron chi connectivity index (χ0n) is 15.5. The van der Waals surface area contributed by atoms with E-state index in [0.717, 1.165) is 12.8 Å². The number of amides is 1. The molecule has 23 heavy (non-hydrogen) atoms. The molecule has 0 aliphatic heterocycles. The molecule has 0 spiro atoms. The summed E-state index contributed by atoms with van der Waals surface area (Å²) in [7, 11) is 0. The van der Waals surface area contributed by atoms with Crippen molar-refractivity contribution in [1.29, 1.82) is 0 Å². The summed E-state index contributed by atoms with van der Waals surface area (Å²) in [6, 6.07) is 0. The van der Waals surface area contributed by atoms with E-state index >= 15 is 0 Å². The van der Waals surface area contributed by atoms with Gasteiger partial charge in [0.1, 0.15) is 0 Å². The first-order valence-corrected chi connectivity index (χ1v) is 10.1. The van der Waals surface area contributed by atoms with Crippen LogP contribution in [-0.4, -0.2) is 11.2 Å². The number of carboxylic acid groups (broad SMARTS) is 1. The monoisotopic (exact) mass is 326 g/mol. The Morgan fingerprint density at radius 3 is 1.39 bits per heavy atom. The molecule has 2 N–H and O–H groups in total. The third-order valence-electron chi connectivity index (χ3n) is 4.43. The number of hydrogen-bond donors (Lipinski definition) is 2. The Balaban J connectivity index is 2.96. The lowest BCUT2D eigenvalue weighted by Gasteiger charge is -2.03. The summed E-state index contributed by atoms with van der Waals surface area (Å²) in [4.78, 5) is 10.2. The van der Waals surface area contributed by atoms with Crippen LogP contribution in [-0.2, 0) is 0 Å². The Labute approximate surface area is 144 Å².